The Kier molecular flexibility index (Phi) is 6.49. The van der Waals surface area contributed by atoms with Gasteiger partial charge in [0.25, 0.3) is 11.6 Å². The van der Waals surface area contributed by atoms with Crippen molar-refractivity contribution in [3.63, 3.8) is 0 Å². The molecular formula is C21H17N3O4S. The normalized spacial score (nSPS) is 10.1. The highest BCUT2D eigenvalue weighted by atomic mass is 32.1. The summed E-state index contributed by atoms with van der Waals surface area (Å²) in [5.74, 6) is -0.115. The fourth-order valence-electron chi connectivity index (χ4n) is 2.58. The number of thiocarbonyl (C=S) groups is 1. The Labute approximate surface area is 172 Å². The number of nitrogens with one attached hydrogen (secondary N) is 2. The molecule has 0 aliphatic heterocycles. The maximum atomic E-state index is 12.4. The Morgan fingerprint density at radius 2 is 1.62 bits per heavy atom. The third kappa shape index (κ3) is 5.36. The van der Waals surface area contributed by atoms with E-state index < -0.39 is 10.8 Å². The summed E-state index contributed by atoms with van der Waals surface area (Å²) >= 11 is 5.19. The first-order chi connectivity index (χ1) is 14.0. The van der Waals surface area contributed by atoms with Crippen LogP contribution in [0.2, 0.25) is 0 Å². The molecule has 0 aliphatic rings. The minimum Gasteiger partial charge on any atom is -0.487 e. The zero-order chi connectivity index (χ0) is 20.6. The van der Waals surface area contributed by atoms with Crippen LogP contribution < -0.4 is 15.4 Å². The van der Waals surface area contributed by atoms with Crippen molar-refractivity contribution in [2.24, 2.45) is 0 Å². The molecule has 0 radical (unpaired) electrons. The monoisotopic (exact) mass is 407 g/mol. The molecule has 0 atom stereocenters. The average Bonchev–Trinajstić information content (AvgIpc) is 2.73. The van der Waals surface area contributed by atoms with Gasteiger partial charge >= 0.3 is 0 Å². The van der Waals surface area contributed by atoms with Gasteiger partial charge in [0.1, 0.15) is 17.9 Å². The van der Waals surface area contributed by atoms with E-state index in [1.165, 1.54) is 18.2 Å². The fraction of sp³-hybridized carbons (Fsp3) is 0.0476. The number of rotatable bonds is 6. The predicted octanol–water partition coefficient (Wildman–Crippen LogP) is 4.30. The summed E-state index contributed by atoms with van der Waals surface area (Å²) in [6, 6.07) is 22.5. The van der Waals surface area contributed by atoms with E-state index in [0.29, 0.717) is 18.0 Å². The van der Waals surface area contributed by atoms with Crippen LogP contribution in [0.3, 0.4) is 0 Å². The van der Waals surface area contributed by atoms with Gasteiger partial charge < -0.3 is 10.1 Å². The van der Waals surface area contributed by atoms with Gasteiger partial charge in [-0.05, 0) is 36.0 Å². The SMILES string of the molecule is O=C(NC(=S)Nc1ccccc1OCc1ccccc1)c1ccccc1[N+](=O)[O-]. The summed E-state index contributed by atoms with van der Waals surface area (Å²) < 4.78 is 5.84. The van der Waals surface area contributed by atoms with Gasteiger partial charge in [-0.25, -0.2) is 0 Å². The van der Waals surface area contributed by atoms with Crippen molar-refractivity contribution in [3.05, 3.63) is 100 Å². The number of amides is 1. The molecule has 1 amide bonds. The molecule has 3 rings (SSSR count). The van der Waals surface area contributed by atoms with E-state index in [0.717, 1.165) is 5.56 Å². The van der Waals surface area contributed by atoms with E-state index in [2.05, 4.69) is 10.6 Å². The summed E-state index contributed by atoms with van der Waals surface area (Å²) in [6.07, 6.45) is 0. The lowest BCUT2D eigenvalue weighted by molar-refractivity contribution is -0.385. The molecule has 3 aromatic rings. The standard InChI is InChI=1S/C21H17N3O4S/c25-20(16-10-4-6-12-18(16)24(26)27)23-21(29)22-17-11-5-7-13-19(17)28-14-15-8-2-1-3-9-15/h1-13H,14H2,(H2,22,23,25,29). The second kappa shape index (κ2) is 9.43. The largest absolute Gasteiger partial charge is 0.487 e. The van der Waals surface area contributed by atoms with E-state index in [4.69, 9.17) is 17.0 Å². The van der Waals surface area contributed by atoms with Crippen molar-refractivity contribution < 1.29 is 14.5 Å². The highest BCUT2D eigenvalue weighted by Gasteiger charge is 2.20. The van der Waals surface area contributed by atoms with Gasteiger partial charge in [0.2, 0.25) is 0 Å². The Morgan fingerprint density at radius 1 is 0.966 bits per heavy atom. The van der Waals surface area contributed by atoms with Crippen LogP contribution in [0.25, 0.3) is 0 Å². The minimum atomic E-state index is -0.669. The molecule has 0 heterocycles. The van der Waals surface area contributed by atoms with Gasteiger partial charge in [-0.2, -0.15) is 0 Å². The Morgan fingerprint density at radius 3 is 2.38 bits per heavy atom. The zero-order valence-electron chi connectivity index (χ0n) is 15.2. The third-order valence-corrected chi connectivity index (χ3v) is 4.15. The number of carbonyl (C=O) groups is 1. The molecule has 3 aromatic carbocycles. The first-order valence-electron chi connectivity index (χ1n) is 8.66. The second-order valence-corrected chi connectivity index (χ2v) is 6.36. The first kappa shape index (κ1) is 20.0. The van der Waals surface area contributed by atoms with E-state index in [1.807, 2.05) is 36.4 Å². The Balaban J connectivity index is 1.67. The van der Waals surface area contributed by atoms with Crippen LogP contribution in [0.5, 0.6) is 5.75 Å². The topological polar surface area (TPSA) is 93.5 Å². The van der Waals surface area contributed by atoms with Crippen molar-refractivity contribution in [1.29, 1.82) is 0 Å². The number of carbonyl (C=O) groups excluding carboxylic acids is 1. The smallest absolute Gasteiger partial charge is 0.282 e. The molecule has 29 heavy (non-hydrogen) atoms. The summed E-state index contributed by atoms with van der Waals surface area (Å²) in [4.78, 5) is 22.9. The summed E-state index contributed by atoms with van der Waals surface area (Å²) in [6.45, 7) is 0.370. The van der Waals surface area contributed by atoms with Crippen molar-refractivity contribution in [2.75, 3.05) is 5.32 Å². The summed E-state index contributed by atoms with van der Waals surface area (Å²) in [5.41, 5.74) is 1.21. The van der Waals surface area contributed by atoms with E-state index in [9.17, 15) is 14.9 Å². The predicted molar refractivity (Wildman–Crippen MR) is 114 cm³/mol. The number of benzene rings is 3. The van der Waals surface area contributed by atoms with Gasteiger partial charge in [0.05, 0.1) is 10.6 Å². The number of anilines is 1. The molecule has 0 spiro atoms. The highest BCUT2D eigenvalue weighted by Crippen LogP contribution is 2.25. The van der Waals surface area contributed by atoms with Crippen LogP contribution in [0.1, 0.15) is 15.9 Å². The molecule has 0 bridgehead atoms. The van der Waals surface area contributed by atoms with Crippen molar-refractivity contribution >= 4 is 34.6 Å². The number of hydrogen-bond donors (Lipinski definition) is 2. The lowest BCUT2D eigenvalue weighted by atomic mass is 10.1. The number of nitro groups is 1. The Bertz CT molecular complexity index is 1040. The molecule has 0 fully saturated rings. The van der Waals surface area contributed by atoms with Crippen LogP contribution in [-0.4, -0.2) is 15.9 Å². The molecule has 0 aromatic heterocycles. The summed E-state index contributed by atoms with van der Waals surface area (Å²) in [5, 5.41) is 16.5. The molecule has 146 valence electrons. The van der Waals surface area contributed by atoms with Crippen LogP contribution in [0.15, 0.2) is 78.9 Å². The molecule has 7 nitrogen and oxygen atoms in total. The quantitative estimate of drug-likeness (QED) is 0.359. The molecule has 2 N–H and O–H groups in total. The van der Waals surface area contributed by atoms with Crippen molar-refractivity contribution in [1.82, 2.24) is 5.32 Å². The van der Waals surface area contributed by atoms with Gasteiger partial charge in [-0.3, -0.25) is 20.2 Å². The number of nitrogens with zero attached hydrogens (tertiary/aromatic N) is 1. The van der Waals surface area contributed by atoms with Gasteiger partial charge in [-0.15, -0.1) is 0 Å². The number of nitro benzene ring substituents is 1. The fourth-order valence-corrected chi connectivity index (χ4v) is 2.78. The lowest BCUT2D eigenvalue weighted by Gasteiger charge is -2.14. The molecule has 0 unspecified atom stereocenters. The summed E-state index contributed by atoms with van der Waals surface area (Å²) in [7, 11) is 0. The van der Waals surface area contributed by atoms with E-state index >= 15 is 0 Å². The minimum absolute atomic E-state index is 0.00362. The number of para-hydroxylation sites is 3. The maximum Gasteiger partial charge on any atom is 0.282 e. The van der Waals surface area contributed by atoms with Crippen LogP contribution in [-0.2, 0) is 6.61 Å². The molecule has 8 heteroatoms. The lowest BCUT2D eigenvalue weighted by Crippen LogP contribution is -2.34. The molecule has 0 saturated heterocycles. The molecule has 0 aliphatic carbocycles. The molecular weight excluding hydrogens is 390 g/mol. The maximum absolute atomic E-state index is 12.4. The van der Waals surface area contributed by atoms with Crippen LogP contribution in [0.4, 0.5) is 11.4 Å². The third-order valence-electron chi connectivity index (χ3n) is 3.94. The van der Waals surface area contributed by atoms with Gasteiger partial charge in [-0.1, -0.05) is 54.6 Å². The second-order valence-electron chi connectivity index (χ2n) is 5.95. The Hall–Kier alpha value is -3.78. The molecule has 0 saturated carbocycles. The average molecular weight is 407 g/mol. The van der Waals surface area contributed by atoms with Crippen LogP contribution in [0, 0.1) is 10.1 Å². The van der Waals surface area contributed by atoms with E-state index in [-0.39, 0.29) is 16.4 Å². The van der Waals surface area contributed by atoms with Crippen LogP contribution >= 0.6 is 12.2 Å². The van der Waals surface area contributed by atoms with Crippen molar-refractivity contribution in [3.8, 4) is 5.75 Å². The van der Waals surface area contributed by atoms with Gasteiger partial charge in [0.15, 0.2) is 5.11 Å². The zero-order valence-corrected chi connectivity index (χ0v) is 16.0. The van der Waals surface area contributed by atoms with E-state index in [1.54, 1.807) is 24.3 Å². The highest BCUT2D eigenvalue weighted by molar-refractivity contribution is 7.80. The first-order valence-corrected chi connectivity index (χ1v) is 9.07. The number of hydrogen-bond acceptors (Lipinski definition) is 5. The van der Waals surface area contributed by atoms with Gasteiger partial charge in [0, 0.05) is 6.07 Å². The van der Waals surface area contributed by atoms with Crippen molar-refractivity contribution in [2.45, 2.75) is 6.61 Å². The number of ether oxygens (including phenoxy) is 1.